The number of aromatic amines is 1. The maximum Gasteiger partial charge on any atom is 0.250 e. The standard InChI is InChI=1S/C35H26ClFN4O3/c1-40-17-15-27(38-31(42)20-21-19-22(36)7-14-30(21)44-25-5-3-2-4-6-25)26-12-13-29-32-28(39-35(43)33(32)34(26)40)16-18-41(29)24-10-8-23(37)9-11-24/h2-17,19,39,43H,18,20H2,1H3. The second-order valence-electron chi connectivity index (χ2n) is 10.6. The number of fused-ring (bicyclic) bond motifs is 2. The molecule has 7 rings (SSSR count). The van der Waals surface area contributed by atoms with Crippen molar-refractivity contribution in [2.45, 2.75) is 6.42 Å². The second-order valence-corrected chi connectivity index (χ2v) is 11.0. The normalized spacial score (nSPS) is 13.7. The third-order valence-corrected chi connectivity index (χ3v) is 7.97. The van der Waals surface area contributed by atoms with Gasteiger partial charge in [0.15, 0.2) is 5.88 Å². The molecular weight excluding hydrogens is 579 g/mol. The van der Waals surface area contributed by atoms with Crippen LogP contribution in [0.15, 0.2) is 96.1 Å². The zero-order chi connectivity index (χ0) is 30.4. The van der Waals surface area contributed by atoms with Crippen LogP contribution in [0.1, 0.15) is 11.1 Å². The molecule has 0 spiro atoms. The maximum atomic E-state index is 13.7. The van der Waals surface area contributed by atoms with Crippen LogP contribution in [0.4, 0.5) is 10.1 Å². The van der Waals surface area contributed by atoms with Crippen LogP contribution < -0.4 is 25.6 Å². The number of benzene rings is 3. The first-order valence-corrected chi connectivity index (χ1v) is 14.4. The van der Waals surface area contributed by atoms with Gasteiger partial charge in [-0.2, -0.15) is 0 Å². The number of anilines is 1. The van der Waals surface area contributed by atoms with Gasteiger partial charge in [-0.15, -0.1) is 0 Å². The highest BCUT2D eigenvalue weighted by atomic mass is 35.5. The molecule has 0 bridgehead atoms. The van der Waals surface area contributed by atoms with Gasteiger partial charge in [0.1, 0.15) is 17.3 Å². The number of aromatic hydroxyl groups is 1. The van der Waals surface area contributed by atoms with E-state index in [0.29, 0.717) is 50.8 Å². The molecule has 0 saturated heterocycles. The number of ether oxygens (including phenoxy) is 1. The molecule has 0 fully saturated rings. The monoisotopic (exact) mass is 604 g/mol. The van der Waals surface area contributed by atoms with Gasteiger partial charge in [-0.1, -0.05) is 29.8 Å². The summed E-state index contributed by atoms with van der Waals surface area (Å²) in [5.41, 5.74) is 4.22. The summed E-state index contributed by atoms with van der Waals surface area (Å²) in [6.45, 7) is 0.517. The number of nitrogens with zero attached hydrogens (tertiary/aromatic N) is 3. The molecular formula is C35H26ClFN4O3. The Kier molecular flexibility index (Phi) is 6.91. The van der Waals surface area contributed by atoms with Crippen molar-refractivity contribution < 1.29 is 19.0 Å². The van der Waals surface area contributed by atoms with Crippen LogP contribution in [0.3, 0.4) is 0 Å². The van der Waals surface area contributed by atoms with Crippen LogP contribution in [-0.2, 0) is 18.3 Å². The lowest BCUT2D eigenvalue weighted by Crippen LogP contribution is -2.39. The van der Waals surface area contributed by atoms with E-state index >= 15 is 0 Å². The Balaban J connectivity index is 1.31. The third kappa shape index (κ3) is 4.99. The molecule has 7 nitrogen and oxygen atoms in total. The predicted octanol–water partition coefficient (Wildman–Crippen LogP) is 5.42. The minimum absolute atomic E-state index is 0.00960. The van der Waals surface area contributed by atoms with Crippen LogP contribution in [0.25, 0.3) is 29.1 Å². The summed E-state index contributed by atoms with van der Waals surface area (Å²) < 4.78 is 21.7. The first-order chi connectivity index (χ1) is 21.4. The third-order valence-electron chi connectivity index (χ3n) is 7.74. The van der Waals surface area contributed by atoms with E-state index in [0.717, 1.165) is 22.0 Å². The van der Waals surface area contributed by atoms with Crippen molar-refractivity contribution in [3.63, 3.8) is 0 Å². The Morgan fingerprint density at radius 1 is 1.07 bits per heavy atom. The number of carbonyl (C=O) groups excluding carboxylic acids is 1. The summed E-state index contributed by atoms with van der Waals surface area (Å²) in [6, 6.07) is 22.6. The molecule has 1 aliphatic heterocycles. The molecule has 2 N–H and O–H groups in total. The molecule has 2 aliphatic rings. The molecule has 1 aliphatic carbocycles. The topological polar surface area (TPSA) is 82.9 Å². The molecule has 5 aromatic rings. The fourth-order valence-electron chi connectivity index (χ4n) is 5.74. The van der Waals surface area contributed by atoms with Crippen LogP contribution in [-0.4, -0.2) is 27.1 Å². The van der Waals surface area contributed by atoms with E-state index in [-0.39, 0.29) is 24.0 Å². The Morgan fingerprint density at radius 2 is 1.86 bits per heavy atom. The van der Waals surface area contributed by atoms with E-state index in [1.807, 2.05) is 66.4 Å². The lowest BCUT2D eigenvalue weighted by atomic mass is 10.1. The molecule has 218 valence electrons. The average Bonchev–Trinajstić information content (AvgIpc) is 3.22. The summed E-state index contributed by atoms with van der Waals surface area (Å²) in [7, 11) is 1.88. The Hall–Kier alpha value is -5.34. The van der Waals surface area contributed by atoms with Gasteiger partial charge >= 0.3 is 0 Å². The van der Waals surface area contributed by atoms with Gasteiger partial charge < -0.3 is 24.3 Å². The molecule has 44 heavy (non-hydrogen) atoms. The fraction of sp³-hybridized carbons (Fsp3) is 0.0857. The maximum absolute atomic E-state index is 13.7. The zero-order valence-electron chi connectivity index (χ0n) is 23.6. The number of aryl methyl sites for hydroxylation is 1. The van der Waals surface area contributed by atoms with Crippen molar-refractivity contribution in [2.75, 3.05) is 11.4 Å². The minimum atomic E-state index is -0.382. The highest BCUT2D eigenvalue weighted by molar-refractivity contribution is 6.30. The summed E-state index contributed by atoms with van der Waals surface area (Å²) >= 11 is 6.29. The molecule has 3 aromatic carbocycles. The number of nitrogens with one attached hydrogen (secondary N) is 1. The van der Waals surface area contributed by atoms with Crippen LogP contribution in [0.5, 0.6) is 17.4 Å². The number of halogens is 2. The lowest BCUT2D eigenvalue weighted by Gasteiger charge is -2.26. The lowest BCUT2D eigenvalue weighted by molar-refractivity contribution is -0.117. The highest BCUT2D eigenvalue weighted by Gasteiger charge is 2.26. The van der Waals surface area contributed by atoms with Crippen molar-refractivity contribution in [2.24, 2.45) is 12.0 Å². The molecule has 3 heterocycles. The van der Waals surface area contributed by atoms with E-state index in [9.17, 15) is 14.3 Å². The van der Waals surface area contributed by atoms with Gasteiger partial charge in [0, 0.05) is 52.2 Å². The largest absolute Gasteiger partial charge is 0.494 e. The smallest absolute Gasteiger partial charge is 0.250 e. The van der Waals surface area contributed by atoms with Crippen molar-refractivity contribution >= 4 is 41.0 Å². The molecule has 0 unspecified atom stereocenters. The predicted molar refractivity (Wildman–Crippen MR) is 169 cm³/mol. The number of H-pyrrole nitrogens is 1. The number of carbonyl (C=O) groups is 1. The first-order valence-electron chi connectivity index (χ1n) is 14.0. The summed E-state index contributed by atoms with van der Waals surface area (Å²) in [6.07, 6.45) is 7.63. The van der Waals surface area contributed by atoms with E-state index in [4.69, 9.17) is 16.3 Å². The summed E-state index contributed by atoms with van der Waals surface area (Å²) in [5.74, 6) is 0.475. The van der Waals surface area contributed by atoms with E-state index in [1.165, 1.54) is 12.1 Å². The molecule has 1 amide bonds. The number of hydrogen-bond donors (Lipinski definition) is 2. The van der Waals surface area contributed by atoms with Gasteiger partial charge in [0.05, 0.1) is 28.7 Å². The van der Waals surface area contributed by atoms with E-state index < -0.39 is 0 Å². The Labute approximate surface area is 256 Å². The molecule has 2 aromatic heterocycles. The number of rotatable bonds is 5. The van der Waals surface area contributed by atoms with Crippen molar-refractivity contribution in [1.82, 2.24) is 9.55 Å². The molecule has 0 radical (unpaired) electrons. The first kappa shape index (κ1) is 27.5. The van der Waals surface area contributed by atoms with E-state index in [1.54, 1.807) is 36.4 Å². The number of pyridine rings is 1. The Morgan fingerprint density at radius 3 is 2.66 bits per heavy atom. The molecule has 9 heteroatoms. The van der Waals surface area contributed by atoms with Gasteiger partial charge in [0.2, 0.25) is 0 Å². The highest BCUT2D eigenvalue weighted by Crippen LogP contribution is 2.32. The average molecular weight is 605 g/mol. The minimum Gasteiger partial charge on any atom is -0.494 e. The van der Waals surface area contributed by atoms with Crippen LogP contribution in [0, 0.1) is 5.82 Å². The van der Waals surface area contributed by atoms with Gasteiger partial charge in [-0.3, -0.25) is 4.79 Å². The fourth-order valence-corrected chi connectivity index (χ4v) is 5.94. The molecule has 0 atom stereocenters. The quantitative estimate of drug-likeness (QED) is 0.281. The SMILES string of the molecule is Cn1ccc(=NC(=O)Cc2cc(Cl)ccc2Oc2ccccc2)c2c1-c1c(O)[nH]c3c1=C(C=C2)N(c1ccc(F)cc1)CC=3. The van der Waals surface area contributed by atoms with Crippen molar-refractivity contribution in [1.29, 1.82) is 0 Å². The van der Waals surface area contributed by atoms with Gasteiger partial charge in [0.25, 0.3) is 5.91 Å². The van der Waals surface area contributed by atoms with Crippen LogP contribution in [0.2, 0.25) is 5.02 Å². The van der Waals surface area contributed by atoms with Crippen LogP contribution >= 0.6 is 11.6 Å². The number of aromatic nitrogens is 2. The number of hydrogen-bond acceptors (Lipinski definition) is 4. The Bertz CT molecular complexity index is 2170. The van der Waals surface area contributed by atoms with Crippen molar-refractivity contribution in [3.8, 4) is 28.6 Å². The van der Waals surface area contributed by atoms with Crippen molar-refractivity contribution in [3.05, 3.63) is 129 Å². The number of amides is 1. The van der Waals surface area contributed by atoms with Gasteiger partial charge in [-0.05, 0) is 78.9 Å². The zero-order valence-corrected chi connectivity index (χ0v) is 24.3. The summed E-state index contributed by atoms with van der Waals surface area (Å²) in [5, 5.41) is 13.7. The second kappa shape index (κ2) is 11.1. The number of para-hydroxylation sites is 1. The summed E-state index contributed by atoms with van der Waals surface area (Å²) in [4.78, 5) is 23.2. The van der Waals surface area contributed by atoms with Gasteiger partial charge in [-0.25, -0.2) is 9.38 Å². The van der Waals surface area contributed by atoms with E-state index in [2.05, 4.69) is 14.9 Å². The molecule has 0 saturated carbocycles.